The number of rotatable bonds is 11. The first kappa shape index (κ1) is 46.0. The van der Waals surface area contributed by atoms with E-state index in [9.17, 15) is 14.4 Å². The number of amidine groups is 1. The van der Waals surface area contributed by atoms with Gasteiger partial charge in [0, 0.05) is 23.0 Å². The molecule has 0 spiro atoms. The lowest BCUT2D eigenvalue weighted by Crippen LogP contribution is -2.71. The Labute approximate surface area is 374 Å². The van der Waals surface area contributed by atoms with Crippen LogP contribution in [0.2, 0.25) is 5.04 Å². The number of alkyl halides is 1. The molecule has 0 saturated carbocycles. The second-order valence-electron chi connectivity index (χ2n) is 19.3. The summed E-state index contributed by atoms with van der Waals surface area (Å²) < 4.78 is 35.3. The molecule has 5 atom stereocenters. The highest BCUT2D eigenvalue weighted by atomic mass is 32.1. The van der Waals surface area contributed by atoms with Crippen LogP contribution in [0.15, 0.2) is 65.8 Å². The Morgan fingerprint density at radius 1 is 1.06 bits per heavy atom. The summed E-state index contributed by atoms with van der Waals surface area (Å²) in [5, 5.41) is 16.3. The number of nitrogen functional groups attached to an aromatic ring is 1. The third-order valence-electron chi connectivity index (χ3n) is 12.8. The van der Waals surface area contributed by atoms with Gasteiger partial charge in [-0.25, -0.2) is 9.18 Å². The van der Waals surface area contributed by atoms with Crippen LogP contribution in [0.4, 0.5) is 15.3 Å². The molecule has 2 saturated heterocycles. The topological polar surface area (TPSA) is 187 Å². The summed E-state index contributed by atoms with van der Waals surface area (Å²) in [5.41, 5.74) is 10.9. The van der Waals surface area contributed by atoms with Crippen LogP contribution < -0.4 is 31.5 Å². The SMILES string of the molecule is C[C@H](Oc1nc(C(N)=NOC(=O)[C@@]2(C)CCCc3sc(N)c(C#N)c32)nc(N2CC(C)(O[Si](c3ccccc3)(c3ccccc3)C(C)(C)C)COCC2(C)C)n1)[C@@H]1C[C@@H](F)CN1C. The Hall–Kier alpha value is -4.99. The minimum atomic E-state index is -3.10. The maximum atomic E-state index is 14.6. The molecular formula is C46H60FN9O5SSi. The van der Waals surface area contributed by atoms with Gasteiger partial charge in [-0.2, -0.15) is 20.2 Å². The van der Waals surface area contributed by atoms with Crippen LogP contribution in [0.3, 0.4) is 0 Å². The molecule has 2 aliphatic heterocycles. The fourth-order valence-corrected chi connectivity index (χ4v) is 15.5. The van der Waals surface area contributed by atoms with Gasteiger partial charge in [0.2, 0.25) is 17.6 Å². The number of aromatic nitrogens is 3. The molecule has 4 N–H and O–H groups in total. The molecule has 14 nitrogen and oxygen atoms in total. The molecule has 3 aliphatic rings. The number of nitrogens with zero attached hydrogens (tertiary/aromatic N) is 7. The molecule has 2 aromatic carbocycles. The van der Waals surface area contributed by atoms with Crippen LogP contribution >= 0.6 is 11.3 Å². The summed E-state index contributed by atoms with van der Waals surface area (Å²) in [7, 11) is -1.24. The van der Waals surface area contributed by atoms with E-state index >= 15 is 0 Å². The molecule has 1 unspecified atom stereocenters. The highest BCUT2D eigenvalue weighted by Gasteiger charge is 2.55. The molecule has 336 valence electrons. The summed E-state index contributed by atoms with van der Waals surface area (Å²) in [6.45, 7) is 17.6. The van der Waals surface area contributed by atoms with Gasteiger partial charge in [0.15, 0.2) is 0 Å². The minimum Gasteiger partial charge on any atom is -0.459 e. The molecule has 4 aromatic rings. The standard InChI is InChI=1S/C46H60FN9O5SSi/c1-29(34-23-30(47)25-55(34)9)59-42-52-39(37(49)54-60-40(57)46(8)22-16-21-35-36(46)33(24-48)38(50)62-35)51-41(53-42)56-26-45(7,28-58-27-44(56,5)6)61-63(43(2,3)4,31-17-12-10-13-18-31)32-19-14-11-15-20-32/h10-15,17-20,29-30,34H,16,21-23,25-28,50H2,1-9H3,(H2,49,54)/t29-,30+,34-,45?,46-/m0/s1. The van der Waals surface area contributed by atoms with Gasteiger partial charge in [-0.1, -0.05) is 86.6 Å². The number of oxime groups is 1. The van der Waals surface area contributed by atoms with Crippen molar-refractivity contribution >= 4 is 52.8 Å². The van der Waals surface area contributed by atoms with E-state index in [1.54, 1.807) is 6.92 Å². The lowest BCUT2D eigenvalue weighted by Gasteiger charge is -2.49. The number of carbonyl (C=O) groups excluding carboxylic acids is 1. The maximum absolute atomic E-state index is 14.6. The number of nitrogens with two attached hydrogens (primary N) is 2. The Bertz CT molecular complexity index is 2340. The van der Waals surface area contributed by atoms with Gasteiger partial charge in [-0.15, -0.1) is 11.3 Å². The fraction of sp³-hybridized carbons (Fsp3) is 0.522. The first-order valence-corrected chi connectivity index (χ1v) is 24.2. The van der Waals surface area contributed by atoms with Crippen molar-refractivity contribution in [1.82, 2.24) is 19.9 Å². The van der Waals surface area contributed by atoms with Gasteiger partial charge < -0.3 is 35.1 Å². The molecule has 17 heteroatoms. The lowest BCUT2D eigenvalue weighted by molar-refractivity contribution is -0.150. The third kappa shape index (κ3) is 8.93. The minimum absolute atomic E-state index is 0.0606. The summed E-state index contributed by atoms with van der Waals surface area (Å²) in [6, 6.07) is 22.8. The predicted octanol–water partition coefficient (Wildman–Crippen LogP) is 5.60. The van der Waals surface area contributed by atoms with E-state index in [1.807, 2.05) is 49.8 Å². The predicted molar refractivity (Wildman–Crippen MR) is 246 cm³/mol. The average Bonchev–Trinajstić information content (AvgIpc) is 3.73. The number of likely N-dealkylation sites (N-methyl/N-ethyl adjacent to an activating group) is 1. The molecule has 63 heavy (non-hydrogen) atoms. The van der Waals surface area contributed by atoms with E-state index < -0.39 is 43.1 Å². The number of thiophene rings is 1. The molecule has 0 radical (unpaired) electrons. The van der Waals surface area contributed by atoms with Gasteiger partial charge in [0.05, 0.1) is 41.9 Å². The molecular weight excluding hydrogens is 838 g/mol. The summed E-state index contributed by atoms with van der Waals surface area (Å²) in [5.74, 6) is -0.877. The zero-order valence-corrected chi connectivity index (χ0v) is 39.6. The number of fused-ring (bicyclic) bond motifs is 1. The second-order valence-corrected chi connectivity index (χ2v) is 24.7. The lowest BCUT2D eigenvalue weighted by atomic mass is 9.72. The summed E-state index contributed by atoms with van der Waals surface area (Å²) in [6.07, 6.45) is 0.618. The van der Waals surface area contributed by atoms with Gasteiger partial charge in [-0.05, 0) is 82.8 Å². The zero-order valence-electron chi connectivity index (χ0n) is 37.8. The molecule has 7 rings (SSSR count). The van der Waals surface area contributed by atoms with Crippen LogP contribution in [-0.4, -0.2) is 103 Å². The molecule has 0 bridgehead atoms. The van der Waals surface area contributed by atoms with E-state index in [1.165, 1.54) is 11.3 Å². The number of halogens is 1. The zero-order chi connectivity index (χ0) is 45.5. The fourth-order valence-electron chi connectivity index (χ4n) is 9.54. The molecule has 4 heterocycles. The smallest absolute Gasteiger partial charge is 0.345 e. The number of nitriles is 1. The van der Waals surface area contributed by atoms with Gasteiger partial charge in [-0.3, -0.25) is 4.90 Å². The van der Waals surface area contributed by atoms with E-state index in [-0.39, 0.29) is 60.0 Å². The molecule has 2 fully saturated rings. The third-order valence-corrected chi connectivity index (χ3v) is 19.1. The quantitative estimate of drug-likeness (QED) is 0.0623. The number of aryl methyl sites for hydroxylation is 1. The highest BCUT2D eigenvalue weighted by Crippen LogP contribution is 2.46. The molecule has 1 aliphatic carbocycles. The van der Waals surface area contributed by atoms with Gasteiger partial charge in [0.25, 0.3) is 8.32 Å². The Morgan fingerprint density at radius 3 is 2.30 bits per heavy atom. The van der Waals surface area contributed by atoms with Crippen molar-refractivity contribution in [3.63, 3.8) is 0 Å². The van der Waals surface area contributed by atoms with Crippen LogP contribution in [0, 0.1) is 11.3 Å². The summed E-state index contributed by atoms with van der Waals surface area (Å²) >= 11 is 1.32. The number of carbonyl (C=O) groups is 1. The number of likely N-dealkylation sites (tertiary alicyclic amines) is 1. The van der Waals surface area contributed by atoms with E-state index in [4.69, 9.17) is 40.2 Å². The van der Waals surface area contributed by atoms with Crippen molar-refractivity contribution < 1.29 is 27.9 Å². The van der Waals surface area contributed by atoms with Crippen LogP contribution in [0.5, 0.6) is 6.01 Å². The molecule has 2 aromatic heterocycles. The van der Waals surface area contributed by atoms with Crippen LogP contribution in [-0.2, 0) is 30.6 Å². The number of hydrogen-bond donors (Lipinski definition) is 2. The Balaban J connectivity index is 1.29. The Morgan fingerprint density at radius 2 is 1.71 bits per heavy atom. The van der Waals surface area contributed by atoms with Crippen LogP contribution in [0.1, 0.15) is 96.5 Å². The Kier molecular flexibility index (Phi) is 12.8. The van der Waals surface area contributed by atoms with Gasteiger partial charge >= 0.3 is 12.0 Å². The van der Waals surface area contributed by atoms with Crippen molar-refractivity contribution in [3.05, 3.63) is 82.5 Å². The van der Waals surface area contributed by atoms with Crippen molar-refractivity contribution in [2.75, 3.05) is 44.0 Å². The van der Waals surface area contributed by atoms with Crippen molar-refractivity contribution in [2.24, 2.45) is 10.9 Å². The highest BCUT2D eigenvalue weighted by molar-refractivity contribution is 7.16. The molecule has 0 amide bonds. The first-order valence-electron chi connectivity index (χ1n) is 21.5. The van der Waals surface area contributed by atoms with Gasteiger partial charge in [0.1, 0.15) is 23.3 Å². The number of benzene rings is 2. The monoisotopic (exact) mass is 897 g/mol. The summed E-state index contributed by atoms with van der Waals surface area (Å²) in [4.78, 5) is 38.7. The first-order chi connectivity index (χ1) is 29.7. The second kappa shape index (κ2) is 17.5. The van der Waals surface area contributed by atoms with Crippen LogP contribution in [0.25, 0.3) is 0 Å². The van der Waals surface area contributed by atoms with E-state index in [0.29, 0.717) is 42.9 Å². The maximum Gasteiger partial charge on any atom is 0.345 e. The average molecular weight is 898 g/mol. The number of hydrogen-bond acceptors (Lipinski definition) is 14. The van der Waals surface area contributed by atoms with Crippen molar-refractivity contribution in [2.45, 2.75) is 121 Å². The number of ether oxygens (including phenoxy) is 2. The van der Waals surface area contributed by atoms with E-state index in [0.717, 1.165) is 15.3 Å². The largest absolute Gasteiger partial charge is 0.459 e. The van der Waals surface area contributed by atoms with E-state index in [2.05, 4.69) is 92.4 Å². The van der Waals surface area contributed by atoms with Crippen molar-refractivity contribution in [3.8, 4) is 12.1 Å². The van der Waals surface area contributed by atoms with Crippen molar-refractivity contribution in [1.29, 1.82) is 5.26 Å². The number of anilines is 2. The normalized spacial score (nSPS) is 24.8.